The van der Waals surface area contributed by atoms with Gasteiger partial charge >= 0.3 is 0 Å². The summed E-state index contributed by atoms with van der Waals surface area (Å²) in [5, 5.41) is 3.28. The summed E-state index contributed by atoms with van der Waals surface area (Å²) in [6.45, 7) is 8.61. The highest BCUT2D eigenvalue weighted by atomic mass is 32.2. The summed E-state index contributed by atoms with van der Waals surface area (Å²) in [4.78, 5) is 0. The molecule has 1 aromatic rings. The molecule has 102 valence electrons. The third kappa shape index (κ3) is 4.54. The van der Waals surface area contributed by atoms with Crippen molar-refractivity contribution in [3.8, 4) is 0 Å². The van der Waals surface area contributed by atoms with E-state index in [1.165, 1.54) is 11.1 Å². The van der Waals surface area contributed by atoms with E-state index in [4.69, 9.17) is 0 Å². The molecule has 0 aliphatic rings. The van der Waals surface area contributed by atoms with Gasteiger partial charge in [0, 0.05) is 28.3 Å². The van der Waals surface area contributed by atoms with Crippen LogP contribution in [0, 0.1) is 12.3 Å². The maximum absolute atomic E-state index is 12.3. The molecule has 0 radical (unpaired) electrons. The molecule has 0 aliphatic heterocycles. The van der Waals surface area contributed by atoms with Gasteiger partial charge in [0.1, 0.15) is 0 Å². The van der Waals surface area contributed by atoms with Crippen molar-refractivity contribution in [2.45, 2.75) is 39.5 Å². The summed E-state index contributed by atoms with van der Waals surface area (Å²) in [5.74, 6) is 1.36. The minimum absolute atomic E-state index is 0.135. The standard InChI is InChI=1S/C15H25NOS/c1-12-8-6-7-9-13(12)10-18(17)11-14(16-5)15(2,3)4/h6-9,14,16H,10-11H2,1-5H3. The van der Waals surface area contributed by atoms with Crippen LogP contribution in [0.5, 0.6) is 0 Å². The quantitative estimate of drug-likeness (QED) is 0.889. The van der Waals surface area contributed by atoms with Crippen LogP contribution in [-0.2, 0) is 16.6 Å². The van der Waals surface area contributed by atoms with Gasteiger partial charge in [0.25, 0.3) is 0 Å². The van der Waals surface area contributed by atoms with Gasteiger partial charge in [-0.2, -0.15) is 0 Å². The second-order valence-electron chi connectivity index (χ2n) is 5.88. The van der Waals surface area contributed by atoms with E-state index < -0.39 is 10.8 Å². The van der Waals surface area contributed by atoms with Gasteiger partial charge in [0.05, 0.1) is 0 Å². The number of rotatable bonds is 5. The Morgan fingerprint density at radius 3 is 2.39 bits per heavy atom. The van der Waals surface area contributed by atoms with Crippen molar-refractivity contribution in [1.82, 2.24) is 5.32 Å². The number of aryl methyl sites for hydroxylation is 1. The molecule has 2 unspecified atom stereocenters. The summed E-state index contributed by atoms with van der Waals surface area (Å²) in [6, 6.07) is 8.46. The molecule has 1 aromatic carbocycles. The minimum atomic E-state index is -0.820. The first-order chi connectivity index (χ1) is 8.34. The lowest BCUT2D eigenvalue weighted by atomic mass is 9.88. The van der Waals surface area contributed by atoms with Crippen LogP contribution < -0.4 is 5.32 Å². The second-order valence-corrected chi connectivity index (χ2v) is 7.39. The van der Waals surface area contributed by atoms with E-state index in [0.29, 0.717) is 11.5 Å². The maximum atomic E-state index is 12.3. The molecule has 0 aromatic heterocycles. The average Bonchev–Trinajstić information content (AvgIpc) is 2.27. The Labute approximate surface area is 114 Å². The fourth-order valence-corrected chi connectivity index (χ4v) is 3.78. The second kappa shape index (κ2) is 6.48. The zero-order chi connectivity index (χ0) is 13.8. The van der Waals surface area contributed by atoms with Gasteiger partial charge in [-0.25, -0.2) is 0 Å². The summed E-state index contributed by atoms with van der Waals surface area (Å²) in [7, 11) is 1.13. The van der Waals surface area contributed by atoms with Crippen LogP contribution in [0.25, 0.3) is 0 Å². The first-order valence-electron chi connectivity index (χ1n) is 6.41. The van der Waals surface area contributed by atoms with E-state index in [1.54, 1.807) is 0 Å². The van der Waals surface area contributed by atoms with Crippen LogP contribution in [0.2, 0.25) is 0 Å². The Balaban J connectivity index is 2.65. The predicted octanol–water partition coefficient (Wildman–Crippen LogP) is 2.88. The molecule has 0 bridgehead atoms. The summed E-state index contributed by atoms with van der Waals surface area (Å²) < 4.78 is 12.3. The smallest absolute Gasteiger partial charge is 0.0488 e. The Kier molecular flexibility index (Phi) is 5.54. The topological polar surface area (TPSA) is 29.1 Å². The fourth-order valence-electron chi connectivity index (χ4n) is 1.96. The van der Waals surface area contributed by atoms with Gasteiger partial charge in [-0.1, -0.05) is 45.0 Å². The van der Waals surface area contributed by atoms with Crippen molar-refractivity contribution < 1.29 is 4.21 Å². The first-order valence-corrected chi connectivity index (χ1v) is 7.90. The fraction of sp³-hybridized carbons (Fsp3) is 0.600. The van der Waals surface area contributed by atoms with E-state index >= 15 is 0 Å². The zero-order valence-electron chi connectivity index (χ0n) is 12.1. The highest BCUT2D eigenvalue weighted by Crippen LogP contribution is 2.20. The van der Waals surface area contributed by atoms with Gasteiger partial charge in [-0.15, -0.1) is 0 Å². The molecule has 0 fully saturated rings. The van der Waals surface area contributed by atoms with Crippen molar-refractivity contribution in [3.05, 3.63) is 35.4 Å². The number of hydrogen-bond acceptors (Lipinski definition) is 2. The Bertz CT molecular complexity index is 409. The molecule has 2 nitrogen and oxygen atoms in total. The van der Waals surface area contributed by atoms with Crippen LogP contribution in [0.1, 0.15) is 31.9 Å². The number of benzene rings is 1. The molecule has 2 atom stereocenters. The zero-order valence-corrected chi connectivity index (χ0v) is 12.9. The maximum Gasteiger partial charge on any atom is 0.0488 e. The van der Waals surface area contributed by atoms with Crippen molar-refractivity contribution in [3.63, 3.8) is 0 Å². The molecule has 0 spiro atoms. The summed E-state index contributed by atoms with van der Waals surface area (Å²) in [6.07, 6.45) is 0. The van der Waals surface area contributed by atoms with Crippen LogP contribution in [0.15, 0.2) is 24.3 Å². The SMILES string of the molecule is CNC(CS(=O)Cc1ccccc1C)C(C)(C)C. The molecule has 0 amide bonds. The monoisotopic (exact) mass is 267 g/mol. The minimum Gasteiger partial charge on any atom is -0.316 e. The molecule has 1 N–H and O–H groups in total. The molecular weight excluding hydrogens is 242 g/mol. The third-order valence-corrected chi connectivity index (χ3v) is 4.66. The van der Waals surface area contributed by atoms with Crippen molar-refractivity contribution in [1.29, 1.82) is 0 Å². The number of hydrogen-bond donors (Lipinski definition) is 1. The Morgan fingerprint density at radius 2 is 1.89 bits per heavy atom. The lowest BCUT2D eigenvalue weighted by Crippen LogP contribution is -2.42. The molecule has 18 heavy (non-hydrogen) atoms. The molecule has 0 saturated heterocycles. The average molecular weight is 267 g/mol. The highest BCUT2D eigenvalue weighted by Gasteiger charge is 2.24. The van der Waals surface area contributed by atoms with Gasteiger partial charge in [0.15, 0.2) is 0 Å². The number of nitrogens with one attached hydrogen (secondary N) is 1. The third-order valence-electron chi connectivity index (χ3n) is 3.32. The lowest BCUT2D eigenvalue weighted by Gasteiger charge is -2.30. The van der Waals surface area contributed by atoms with Gasteiger partial charge in [-0.05, 0) is 30.5 Å². The van der Waals surface area contributed by atoms with Crippen LogP contribution >= 0.6 is 0 Å². The highest BCUT2D eigenvalue weighted by molar-refractivity contribution is 7.84. The summed E-state index contributed by atoms with van der Waals surface area (Å²) >= 11 is 0. The van der Waals surface area contributed by atoms with E-state index in [1.807, 2.05) is 19.2 Å². The van der Waals surface area contributed by atoms with E-state index in [9.17, 15) is 4.21 Å². The molecule has 0 aliphatic carbocycles. The Morgan fingerprint density at radius 1 is 1.28 bits per heavy atom. The van der Waals surface area contributed by atoms with E-state index in [0.717, 1.165) is 0 Å². The summed E-state index contributed by atoms with van der Waals surface area (Å²) in [5.41, 5.74) is 2.55. The van der Waals surface area contributed by atoms with Crippen molar-refractivity contribution >= 4 is 10.8 Å². The normalized spacial score (nSPS) is 15.4. The predicted molar refractivity (Wildman–Crippen MR) is 80.2 cm³/mol. The van der Waals surface area contributed by atoms with Crippen LogP contribution in [-0.4, -0.2) is 23.1 Å². The van der Waals surface area contributed by atoms with E-state index in [-0.39, 0.29) is 11.5 Å². The van der Waals surface area contributed by atoms with Gasteiger partial charge in [0.2, 0.25) is 0 Å². The molecular formula is C15H25NOS. The molecule has 1 rings (SSSR count). The van der Waals surface area contributed by atoms with Crippen molar-refractivity contribution in [2.24, 2.45) is 5.41 Å². The van der Waals surface area contributed by atoms with Gasteiger partial charge < -0.3 is 5.32 Å². The Hall–Kier alpha value is -0.670. The largest absolute Gasteiger partial charge is 0.316 e. The lowest BCUT2D eigenvalue weighted by molar-refractivity contribution is 0.304. The van der Waals surface area contributed by atoms with Crippen LogP contribution in [0.4, 0.5) is 0 Å². The molecule has 0 saturated carbocycles. The molecule has 0 heterocycles. The first kappa shape index (κ1) is 15.4. The van der Waals surface area contributed by atoms with Crippen molar-refractivity contribution in [2.75, 3.05) is 12.8 Å². The van der Waals surface area contributed by atoms with Gasteiger partial charge in [-0.3, -0.25) is 4.21 Å². The van der Waals surface area contributed by atoms with Crippen LogP contribution in [0.3, 0.4) is 0 Å². The van der Waals surface area contributed by atoms with E-state index in [2.05, 4.69) is 45.1 Å². The molecule has 3 heteroatoms.